The standard InChI is InChI=1S/C26H29ClN4O2/c27-24-10-5-4-9-23(24)26(33)29-21-11-12-25(28-18-21)31-14-6-13-30(15-16-31)19-22(32)17-20-7-2-1-3-8-20/h1-5,7-12,18,22,32H,6,13-17,19H2,(H,29,33)/t22-/m0/s1. The molecular formula is C26H29ClN4O2. The molecule has 0 aliphatic carbocycles. The Morgan fingerprint density at radius 3 is 2.55 bits per heavy atom. The van der Waals surface area contributed by atoms with Crippen molar-refractivity contribution in [3.8, 4) is 0 Å². The van der Waals surface area contributed by atoms with Gasteiger partial charge >= 0.3 is 0 Å². The fourth-order valence-corrected chi connectivity index (χ4v) is 4.34. The summed E-state index contributed by atoms with van der Waals surface area (Å²) in [5, 5.41) is 13.8. The topological polar surface area (TPSA) is 68.7 Å². The van der Waals surface area contributed by atoms with E-state index in [2.05, 4.69) is 32.2 Å². The van der Waals surface area contributed by atoms with Gasteiger partial charge in [-0.1, -0.05) is 54.1 Å². The Hall–Kier alpha value is -2.93. The number of halogens is 1. The van der Waals surface area contributed by atoms with Crippen molar-refractivity contribution in [3.63, 3.8) is 0 Å². The lowest BCUT2D eigenvalue weighted by molar-refractivity contribution is 0.102. The SMILES string of the molecule is O=C(Nc1ccc(N2CCCN(C[C@@H](O)Cc3ccccc3)CC2)nc1)c1ccccc1Cl. The molecule has 3 aromatic rings. The van der Waals surface area contributed by atoms with Crippen molar-refractivity contribution in [1.29, 1.82) is 0 Å². The molecule has 172 valence electrons. The van der Waals surface area contributed by atoms with Crippen LogP contribution in [0.2, 0.25) is 5.02 Å². The number of carbonyl (C=O) groups is 1. The highest BCUT2D eigenvalue weighted by atomic mass is 35.5. The number of amides is 1. The zero-order valence-electron chi connectivity index (χ0n) is 18.5. The maximum absolute atomic E-state index is 12.4. The Morgan fingerprint density at radius 1 is 1.00 bits per heavy atom. The van der Waals surface area contributed by atoms with E-state index in [0.717, 1.165) is 44.0 Å². The Morgan fingerprint density at radius 2 is 1.79 bits per heavy atom. The average molecular weight is 465 g/mol. The minimum Gasteiger partial charge on any atom is -0.391 e. The molecule has 0 radical (unpaired) electrons. The van der Waals surface area contributed by atoms with Crippen LogP contribution in [0.4, 0.5) is 11.5 Å². The number of carbonyl (C=O) groups excluding carboxylic acids is 1. The molecule has 1 aliphatic rings. The molecule has 4 rings (SSSR count). The van der Waals surface area contributed by atoms with Gasteiger partial charge in [-0.25, -0.2) is 4.98 Å². The molecule has 0 bridgehead atoms. The number of nitrogens with zero attached hydrogens (tertiary/aromatic N) is 3. The molecule has 6 nitrogen and oxygen atoms in total. The quantitative estimate of drug-likeness (QED) is 0.551. The summed E-state index contributed by atoms with van der Waals surface area (Å²) < 4.78 is 0. The van der Waals surface area contributed by atoms with E-state index >= 15 is 0 Å². The van der Waals surface area contributed by atoms with Crippen LogP contribution in [0.15, 0.2) is 72.9 Å². The predicted molar refractivity (Wildman–Crippen MR) is 133 cm³/mol. The zero-order valence-corrected chi connectivity index (χ0v) is 19.3. The van der Waals surface area contributed by atoms with Gasteiger partial charge in [-0.2, -0.15) is 0 Å². The van der Waals surface area contributed by atoms with Crippen LogP contribution in [-0.4, -0.2) is 59.7 Å². The van der Waals surface area contributed by atoms with Crippen LogP contribution in [0.1, 0.15) is 22.3 Å². The summed E-state index contributed by atoms with van der Waals surface area (Å²) in [4.78, 5) is 21.6. The molecule has 1 aromatic heterocycles. The smallest absolute Gasteiger partial charge is 0.257 e. The van der Waals surface area contributed by atoms with Gasteiger partial charge in [0, 0.05) is 26.2 Å². The van der Waals surface area contributed by atoms with Crippen LogP contribution in [0.5, 0.6) is 0 Å². The number of β-amino-alcohol motifs (C(OH)–C–C–N with tert-alkyl or cyclic N) is 1. The minimum atomic E-state index is -0.377. The summed E-state index contributed by atoms with van der Waals surface area (Å²) in [6.07, 6.45) is 2.98. The van der Waals surface area contributed by atoms with Crippen molar-refractivity contribution in [2.45, 2.75) is 18.9 Å². The van der Waals surface area contributed by atoms with Crippen molar-refractivity contribution in [1.82, 2.24) is 9.88 Å². The van der Waals surface area contributed by atoms with Gasteiger partial charge in [0.15, 0.2) is 0 Å². The summed E-state index contributed by atoms with van der Waals surface area (Å²) in [6.45, 7) is 4.25. The lowest BCUT2D eigenvalue weighted by Gasteiger charge is -2.24. The number of benzene rings is 2. The number of hydrogen-bond acceptors (Lipinski definition) is 5. The van der Waals surface area contributed by atoms with Crippen LogP contribution in [-0.2, 0) is 6.42 Å². The number of aromatic nitrogens is 1. The van der Waals surface area contributed by atoms with Crippen LogP contribution >= 0.6 is 11.6 Å². The van der Waals surface area contributed by atoms with E-state index in [9.17, 15) is 9.90 Å². The molecule has 2 N–H and O–H groups in total. The predicted octanol–water partition coefficient (Wildman–Crippen LogP) is 4.10. The number of hydrogen-bond donors (Lipinski definition) is 2. The Labute approximate surface area is 199 Å². The first-order valence-electron chi connectivity index (χ1n) is 11.3. The lowest BCUT2D eigenvalue weighted by Crippen LogP contribution is -2.36. The van der Waals surface area contributed by atoms with Crippen molar-refractivity contribution in [3.05, 3.63) is 89.1 Å². The highest BCUT2D eigenvalue weighted by molar-refractivity contribution is 6.34. The van der Waals surface area contributed by atoms with E-state index in [1.165, 1.54) is 0 Å². The summed E-state index contributed by atoms with van der Waals surface area (Å²) >= 11 is 6.11. The molecule has 0 spiro atoms. The summed E-state index contributed by atoms with van der Waals surface area (Å²) in [5.41, 5.74) is 2.22. The maximum atomic E-state index is 12.4. The van der Waals surface area contributed by atoms with Gasteiger partial charge in [-0.3, -0.25) is 9.69 Å². The number of anilines is 2. The monoisotopic (exact) mass is 464 g/mol. The number of nitrogens with one attached hydrogen (secondary N) is 1. The van der Waals surface area contributed by atoms with Crippen molar-refractivity contribution < 1.29 is 9.90 Å². The molecule has 1 amide bonds. The molecule has 2 aromatic carbocycles. The fourth-order valence-electron chi connectivity index (χ4n) is 4.12. The third-order valence-electron chi connectivity index (χ3n) is 5.82. The minimum absolute atomic E-state index is 0.255. The largest absolute Gasteiger partial charge is 0.391 e. The highest BCUT2D eigenvalue weighted by Gasteiger charge is 2.19. The normalized spacial score (nSPS) is 15.6. The van der Waals surface area contributed by atoms with Crippen LogP contribution < -0.4 is 10.2 Å². The second-order valence-electron chi connectivity index (χ2n) is 8.32. The third kappa shape index (κ3) is 6.54. The van der Waals surface area contributed by atoms with Crippen LogP contribution in [0.25, 0.3) is 0 Å². The first-order chi connectivity index (χ1) is 16.1. The van der Waals surface area contributed by atoms with Gasteiger partial charge in [-0.15, -0.1) is 0 Å². The van der Waals surface area contributed by atoms with E-state index in [-0.39, 0.29) is 12.0 Å². The lowest BCUT2D eigenvalue weighted by atomic mass is 10.1. The Kier molecular flexibility index (Phi) is 7.94. The average Bonchev–Trinajstić information content (AvgIpc) is 3.06. The van der Waals surface area contributed by atoms with Gasteiger partial charge in [0.2, 0.25) is 0 Å². The molecule has 0 saturated carbocycles. The molecule has 2 heterocycles. The van der Waals surface area contributed by atoms with Gasteiger partial charge in [0.1, 0.15) is 5.82 Å². The van der Waals surface area contributed by atoms with Crippen LogP contribution in [0, 0.1) is 0 Å². The number of pyridine rings is 1. The molecule has 1 fully saturated rings. The van der Waals surface area contributed by atoms with Gasteiger partial charge in [-0.05, 0) is 49.2 Å². The zero-order chi connectivity index (χ0) is 23.0. The van der Waals surface area contributed by atoms with E-state index in [1.807, 2.05) is 30.3 Å². The van der Waals surface area contributed by atoms with Crippen molar-refractivity contribution in [2.75, 3.05) is 42.9 Å². The highest BCUT2D eigenvalue weighted by Crippen LogP contribution is 2.19. The third-order valence-corrected chi connectivity index (χ3v) is 6.15. The Balaban J connectivity index is 1.29. The van der Waals surface area contributed by atoms with E-state index in [0.29, 0.717) is 29.2 Å². The van der Waals surface area contributed by atoms with E-state index in [4.69, 9.17) is 11.6 Å². The second kappa shape index (κ2) is 11.3. The Bertz CT molecular complexity index is 1050. The molecule has 0 unspecified atom stereocenters. The number of aliphatic hydroxyl groups excluding tert-OH is 1. The first-order valence-corrected chi connectivity index (χ1v) is 11.7. The van der Waals surface area contributed by atoms with E-state index in [1.54, 1.807) is 30.5 Å². The van der Waals surface area contributed by atoms with E-state index < -0.39 is 0 Å². The summed E-state index contributed by atoms with van der Waals surface area (Å²) in [5.74, 6) is 0.632. The molecule has 1 atom stereocenters. The molecular weight excluding hydrogens is 436 g/mol. The van der Waals surface area contributed by atoms with Crippen LogP contribution in [0.3, 0.4) is 0 Å². The van der Waals surface area contributed by atoms with Crippen molar-refractivity contribution >= 4 is 29.0 Å². The molecule has 33 heavy (non-hydrogen) atoms. The van der Waals surface area contributed by atoms with Gasteiger partial charge in [0.25, 0.3) is 5.91 Å². The molecule has 1 saturated heterocycles. The summed E-state index contributed by atoms with van der Waals surface area (Å²) in [6, 6.07) is 20.9. The molecule has 7 heteroatoms. The van der Waals surface area contributed by atoms with Gasteiger partial charge in [0.05, 0.1) is 28.6 Å². The molecule has 1 aliphatic heterocycles. The first kappa shape index (κ1) is 23.2. The van der Waals surface area contributed by atoms with Crippen molar-refractivity contribution in [2.24, 2.45) is 0 Å². The number of rotatable bonds is 7. The maximum Gasteiger partial charge on any atom is 0.257 e. The van der Waals surface area contributed by atoms with Gasteiger partial charge < -0.3 is 15.3 Å². The summed E-state index contributed by atoms with van der Waals surface area (Å²) in [7, 11) is 0. The number of aliphatic hydroxyl groups is 1. The fraction of sp³-hybridized carbons (Fsp3) is 0.308. The second-order valence-corrected chi connectivity index (χ2v) is 8.73.